The first kappa shape index (κ1) is 14.9. The molecule has 2 unspecified atom stereocenters. The Morgan fingerprint density at radius 3 is 2.76 bits per heavy atom. The van der Waals surface area contributed by atoms with E-state index in [1.807, 2.05) is 0 Å². The SMILES string of the molecule is CNC1CC(Oc2cccc(COC)c2)C12CCCCC2. The molecule has 1 N–H and O–H groups in total. The van der Waals surface area contributed by atoms with Crippen molar-refractivity contribution in [1.82, 2.24) is 5.32 Å². The van der Waals surface area contributed by atoms with Gasteiger partial charge in [0.15, 0.2) is 0 Å². The molecule has 2 saturated carbocycles. The van der Waals surface area contributed by atoms with Gasteiger partial charge in [0.2, 0.25) is 0 Å². The number of nitrogens with one attached hydrogen (secondary N) is 1. The summed E-state index contributed by atoms with van der Waals surface area (Å²) in [4.78, 5) is 0. The van der Waals surface area contributed by atoms with E-state index in [-0.39, 0.29) is 0 Å². The van der Waals surface area contributed by atoms with Crippen molar-refractivity contribution < 1.29 is 9.47 Å². The van der Waals surface area contributed by atoms with E-state index >= 15 is 0 Å². The third kappa shape index (κ3) is 2.82. The monoisotopic (exact) mass is 289 g/mol. The highest BCUT2D eigenvalue weighted by Gasteiger charge is 2.55. The van der Waals surface area contributed by atoms with Gasteiger partial charge in [-0.05, 0) is 37.6 Å². The molecule has 2 atom stereocenters. The maximum absolute atomic E-state index is 6.37. The summed E-state index contributed by atoms with van der Waals surface area (Å²) in [6, 6.07) is 8.97. The molecule has 1 aromatic carbocycles. The van der Waals surface area contributed by atoms with E-state index in [9.17, 15) is 0 Å². The Morgan fingerprint density at radius 1 is 1.24 bits per heavy atom. The highest BCUT2D eigenvalue weighted by atomic mass is 16.5. The molecule has 0 aliphatic heterocycles. The lowest BCUT2D eigenvalue weighted by Crippen LogP contribution is -2.64. The molecule has 2 aliphatic rings. The number of hydrogen-bond acceptors (Lipinski definition) is 3. The van der Waals surface area contributed by atoms with Crippen LogP contribution in [0.15, 0.2) is 24.3 Å². The molecule has 1 spiro atoms. The number of methoxy groups -OCH3 is 1. The molecular weight excluding hydrogens is 262 g/mol. The van der Waals surface area contributed by atoms with Crippen LogP contribution in [0.3, 0.4) is 0 Å². The molecule has 0 aromatic heterocycles. The first-order valence-electron chi connectivity index (χ1n) is 8.20. The Labute approximate surface area is 128 Å². The second-order valence-corrected chi connectivity index (χ2v) is 6.56. The fraction of sp³-hybridized carbons (Fsp3) is 0.667. The molecule has 3 heteroatoms. The molecule has 116 valence electrons. The zero-order chi connectivity index (χ0) is 14.7. The standard InChI is InChI=1S/C18H27NO2/c1-19-16-12-17(18(16)9-4-3-5-10-18)21-15-8-6-7-14(11-15)13-20-2/h6-8,11,16-17,19H,3-5,9-10,12-13H2,1-2H3. The number of benzene rings is 1. The van der Waals surface area contributed by atoms with Gasteiger partial charge in [-0.15, -0.1) is 0 Å². The Kier molecular flexibility index (Phi) is 4.51. The molecule has 0 amide bonds. The Hall–Kier alpha value is -1.06. The van der Waals surface area contributed by atoms with E-state index in [0.717, 1.165) is 12.2 Å². The van der Waals surface area contributed by atoms with Gasteiger partial charge in [-0.3, -0.25) is 0 Å². The average Bonchev–Trinajstić information content (AvgIpc) is 2.52. The van der Waals surface area contributed by atoms with E-state index in [2.05, 4.69) is 36.6 Å². The molecule has 0 radical (unpaired) electrons. The van der Waals surface area contributed by atoms with E-state index in [4.69, 9.17) is 9.47 Å². The summed E-state index contributed by atoms with van der Waals surface area (Å²) in [5.41, 5.74) is 1.54. The lowest BCUT2D eigenvalue weighted by Gasteiger charge is -2.57. The van der Waals surface area contributed by atoms with Crippen molar-refractivity contribution in [1.29, 1.82) is 0 Å². The van der Waals surface area contributed by atoms with Crippen LogP contribution in [0.4, 0.5) is 0 Å². The normalized spacial score (nSPS) is 27.3. The molecule has 3 nitrogen and oxygen atoms in total. The van der Waals surface area contributed by atoms with Crippen molar-refractivity contribution in [2.75, 3.05) is 14.2 Å². The molecule has 0 heterocycles. The van der Waals surface area contributed by atoms with Crippen LogP contribution >= 0.6 is 0 Å². The summed E-state index contributed by atoms with van der Waals surface area (Å²) in [6.07, 6.45) is 8.19. The summed E-state index contributed by atoms with van der Waals surface area (Å²) >= 11 is 0. The van der Waals surface area contributed by atoms with Crippen molar-refractivity contribution in [2.24, 2.45) is 5.41 Å². The largest absolute Gasteiger partial charge is 0.490 e. The van der Waals surface area contributed by atoms with Gasteiger partial charge in [0.05, 0.1) is 6.61 Å². The Balaban J connectivity index is 1.71. The topological polar surface area (TPSA) is 30.5 Å². The van der Waals surface area contributed by atoms with Crippen molar-refractivity contribution in [3.63, 3.8) is 0 Å². The lowest BCUT2D eigenvalue weighted by molar-refractivity contribution is -0.100. The van der Waals surface area contributed by atoms with Crippen molar-refractivity contribution in [3.05, 3.63) is 29.8 Å². The van der Waals surface area contributed by atoms with Crippen LogP contribution in [0.25, 0.3) is 0 Å². The minimum absolute atomic E-state index is 0.365. The van der Waals surface area contributed by atoms with Gasteiger partial charge in [0, 0.05) is 25.0 Å². The van der Waals surface area contributed by atoms with Crippen LogP contribution in [0.5, 0.6) is 5.75 Å². The van der Waals surface area contributed by atoms with Crippen molar-refractivity contribution >= 4 is 0 Å². The molecule has 0 bridgehead atoms. The highest BCUT2D eigenvalue weighted by Crippen LogP contribution is 2.53. The average molecular weight is 289 g/mol. The van der Waals surface area contributed by atoms with Gasteiger partial charge in [0.1, 0.15) is 11.9 Å². The molecule has 1 aromatic rings. The van der Waals surface area contributed by atoms with Crippen LogP contribution < -0.4 is 10.1 Å². The van der Waals surface area contributed by atoms with Crippen LogP contribution in [0.1, 0.15) is 44.1 Å². The van der Waals surface area contributed by atoms with E-state index in [1.165, 1.54) is 37.7 Å². The minimum atomic E-state index is 0.365. The zero-order valence-corrected chi connectivity index (χ0v) is 13.2. The Morgan fingerprint density at radius 2 is 2.05 bits per heavy atom. The second-order valence-electron chi connectivity index (χ2n) is 6.56. The minimum Gasteiger partial charge on any atom is -0.490 e. The maximum atomic E-state index is 6.37. The van der Waals surface area contributed by atoms with E-state index < -0.39 is 0 Å². The smallest absolute Gasteiger partial charge is 0.120 e. The third-order valence-electron chi connectivity index (χ3n) is 5.41. The molecule has 3 rings (SSSR count). The quantitative estimate of drug-likeness (QED) is 0.899. The predicted molar refractivity (Wildman–Crippen MR) is 84.6 cm³/mol. The summed E-state index contributed by atoms with van der Waals surface area (Å²) < 4.78 is 11.6. The molecule has 2 aliphatic carbocycles. The number of hydrogen-bond donors (Lipinski definition) is 1. The third-order valence-corrected chi connectivity index (χ3v) is 5.41. The fourth-order valence-corrected chi connectivity index (χ4v) is 4.24. The molecule has 21 heavy (non-hydrogen) atoms. The van der Waals surface area contributed by atoms with E-state index in [1.54, 1.807) is 7.11 Å². The fourth-order valence-electron chi connectivity index (χ4n) is 4.24. The van der Waals surface area contributed by atoms with Gasteiger partial charge < -0.3 is 14.8 Å². The van der Waals surface area contributed by atoms with Gasteiger partial charge in [-0.25, -0.2) is 0 Å². The van der Waals surface area contributed by atoms with Crippen LogP contribution in [0, 0.1) is 5.41 Å². The molecule has 0 saturated heterocycles. The van der Waals surface area contributed by atoms with Gasteiger partial charge in [-0.2, -0.15) is 0 Å². The Bertz CT molecular complexity index is 468. The molecular formula is C18H27NO2. The summed E-state index contributed by atoms with van der Waals surface area (Å²) in [7, 11) is 3.82. The molecule has 2 fully saturated rings. The van der Waals surface area contributed by atoms with Gasteiger partial charge in [0.25, 0.3) is 0 Å². The first-order chi connectivity index (χ1) is 10.3. The number of ether oxygens (including phenoxy) is 2. The van der Waals surface area contributed by atoms with Crippen molar-refractivity contribution in [3.8, 4) is 5.75 Å². The predicted octanol–water partition coefficient (Wildman–Crippen LogP) is 3.52. The summed E-state index contributed by atoms with van der Waals surface area (Å²) in [6.45, 7) is 0.645. The summed E-state index contributed by atoms with van der Waals surface area (Å²) in [5, 5.41) is 3.51. The second kappa shape index (κ2) is 6.37. The maximum Gasteiger partial charge on any atom is 0.120 e. The lowest BCUT2D eigenvalue weighted by atomic mass is 9.55. The summed E-state index contributed by atoms with van der Waals surface area (Å²) in [5.74, 6) is 0.994. The first-order valence-corrected chi connectivity index (χ1v) is 8.20. The van der Waals surface area contributed by atoms with Crippen LogP contribution in [-0.2, 0) is 11.3 Å². The van der Waals surface area contributed by atoms with Crippen molar-refractivity contribution in [2.45, 2.75) is 57.3 Å². The number of rotatable bonds is 5. The van der Waals surface area contributed by atoms with Crippen LogP contribution in [-0.4, -0.2) is 26.3 Å². The van der Waals surface area contributed by atoms with Crippen LogP contribution in [0.2, 0.25) is 0 Å². The van der Waals surface area contributed by atoms with Gasteiger partial charge >= 0.3 is 0 Å². The van der Waals surface area contributed by atoms with E-state index in [0.29, 0.717) is 24.2 Å². The highest BCUT2D eigenvalue weighted by molar-refractivity contribution is 5.29. The van der Waals surface area contributed by atoms with Gasteiger partial charge in [-0.1, -0.05) is 31.4 Å². The zero-order valence-electron chi connectivity index (χ0n) is 13.2.